The Morgan fingerprint density at radius 1 is 1.06 bits per heavy atom. The van der Waals surface area contributed by atoms with Crippen molar-refractivity contribution < 1.29 is 4.79 Å². The predicted molar refractivity (Wildman–Crippen MR) is 78.5 cm³/mol. The van der Waals surface area contributed by atoms with Crippen molar-refractivity contribution in [3.63, 3.8) is 0 Å². The van der Waals surface area contributed by atoms with Gasteiger partial charge in [-0.25, -0.2) is 0 Å². The number of hydrogen-bond donors (Lipinski definition) is 1. The SMILES string of the molecule is CCCCCN(C(=O)CCCCCCN)C(C)C. The fourth-order valence-corrected chi connectivity index (χ4v) is 2.12. The van der Waals surface area contributed by atoms with Gasteiger partial charge in [-0.3, -0.25) is 4.79 Å². The second-order valence-corrected chi connectivity index (χ2v) is 5.34. The molecule has 0 spiro atoms. The Hall–Kier alpha value is -0.570. The molecule has 3 heteroatoms. The normalized spacial score (nSPS) is 10.9. The predicted octanol–water partition coefficient (Wildman–Crippen LogP) is 3.32. The average molecular weight is 256 g/mol. The molecule has 0 saturated heterocycles. The van der Waals surface area contributed by atoms with Crippen molar-refractivity contribution in [2.75, 3.05) is 13.1 Å². The van der Waals surface area contributed by atoms with Gasteiger partial charge in [0.25, 0.3) is 0 Å². The summed E-state index contributed by atoms with van der Waals surface area (Å²) in [5.41, 5.74) is 5.45. The first kappa shape index (κ1) is 17.4. The molecule has 0 aromatic rings. The summed E-state index contributed by atoms with van der Waals surface area (Å²) in [5.74, 6) is 0.328. The summed E-state index contributed by atoms with van der Waals surface area (Å²) >= 11 is 0. The Morgan fingerprint density at radius 3 is 2.28 bits per heavy atom. The zero-order chi connectivity index (χ0) is 13.8. The molecule has 0 aliphatic rings. The summed E-state index contributed by atoms with van der Waals surface area (Å²) in [6.45, 7) is 8.10. The first-order valence-corrected chi connectivity index (χ1v) is 7.63. The van der Waals surface area contributed by atoms with E-state index in [1.165, 1.54) is 12.8 Å². The van der Waals surface area contributed by atoms with E-state index in [-0.39, 0.29) is 0 Å². The van der Waals surface area contributed by atoms with Crippen molar-refractivity contribution in [1.82, 2.24) is 4.90 Å². The van der Waals surface area contributed by atoms with E-state index >= 15 is 0 Å². The van der Waals surface area contributed by atoms with Gasteiger partial charge in [0, 0.05) is 19.0 Å². The molecule has 0 fully saturated rings. The van der Waals surface area contributed by atoms with Crippen LogP contribution in [0, 0.1) is 0 Å². The first-order valence-electron chi connectivity index (χ1n) is 7.63. The van der Waals surface area contributed by atoms with Crippen molar-refractivity contribution in [3.8, 4) is 0 Å². The maximum atomic E-state index is 12.1. The maximum absolute atomic E-state index is 12.1. The highest BCUT2D eigenvalue weighted by molar-refractivity contribution is 5.76. The van der Waals surface area contributed by atoms with Gasteiger partial charge >= 0.3 is 0 Å². The van der Waals surface area contributed by atoms with E-state index in [0.29, 0.717) is 18.4 Å². The molecule has 0 aliphatic heterocycles. The van der Waals surface area contributed by atoms with E-state index < -0.39 is 0 Å². The summed E-state index contributed by atoms with van der Waals surface area (Å²) in [6, 6.07) is 0.332. The minimum Gasteiger partial charge on any atom is -0.340 e. The van der Waals surface area contributed by atoms with Crippen LogP contribution in [0.5, 0.6) is 0 Å². The number of hydrogen-bond acceptors (Lipinski definition) is 2. The fourth-order valence-electron chi connectivity index (χ4n) is 2.12. The molecule has 0 aromatic carbocycles. The standard InChI is InChI=1S/C15H32N2O/c1-4-5-10-13-17(14(2)3)15(18)11-8-6-7-9-12-16/h14H,4-13,16H2,1-3H3. The average Bonchev–Trinajstić information content (AvgIpc) is 2.33. The van der Waals surface area contributed by atoms with Crippen LogP contribution in [0.4, 0.5) is 0 Å². The van der Waals surface area contributed by atoms with Gasteiger partial charge < -0.3 is 10.6 Å². The van der Waals surface area contributed by atoms with Crippen molar-refractivity contribution in [2.24, 2.45) is 5.73 Å². The summed E-state index contributed by atoms with van der Waals surface area (Å²) in [7, 11) is 0. The van der Waals surface area contributed by atoms with Crippen LogP contribution in [0.2, 0.25) is 0 Å². The minimum absolute atomic E-state index is 0.328. The number of unbranched alkanes of at least 4 members (excludes halogenated alkanes) is 5. The molecule has 2 N–H and O–H groups in total. The van der Waals surface area contributed by atoms with Crippen LogP contribution in [-0.4, -0.2) is 29.9 Å². The lowest BCUT2D eigenvalue weighted by Crippen LogP contribution is -2.37. The third-order valence-corrected chi connectivity index (χ3v) is 3.29. The molecule has 0 unspecified atom stereocenters. The highest BCUT2D eigenvalue weighted by Gasteiger charge is 2.15. The topological polar surface area (TPSA) is 46.3 Å². The Morgan fingerprint density at radius 2 is 1.72 bits per heavy atom. The quantitative estimate of drug-likeness (QED) is 0.576. The monoisotopic (exact) mass is 256 g/mol. The molecular formula is C15H32N2O. The lowest BCUT2D eigenvalue weighted by molar-refractivity contribution is -0.133. The summed E-state index contributed by atoms with van der Waals surface area (Å²) in [4.78, 5) is 14.2. The van der Waals surface area contributed by atoms with Crippen molar-refractivity contribution >= 4 is 5.91 Å². The Bertz CT molecular complexity index is 205. The van der Waals surface area contributed by atoms with E-state index in [1.807, 2.05) is 4.90 Å². The van der Waals surface area contributed by atoms with Gasteiger partial charge in [-0.05, 0) is 39.7 Å². The highest BCUT2D eigenvalue weighted by Crippen LogP contribution is 2.09. The van der Waals surface area contributed by atoms with Gasteiger partial charge in [0.15, 0.2) is 0 Å². The van der Waals surface area contributed by atoms with E-state index in [0.717, 1.165) is 45.2 Å². The van der Waals surface area contributed by atoms with Crippen LogP contribution in [-0.2, 0) is 4.79 Å². The maximum Gasteiger partial charge on any atom is 0.222 e. The molecule has 0 rings (SSSR count). The van der Waals surface area contributed by atoms with Crippen LogP contribution in [0.3, 0.4) is 0 Å². The second kappa shape index (κ2) is 11.5. The van der Waals surface area contributed by atoms with Gasteiger partial charge in [0.05, 0.1) is 0 Å². The number of nitrogens with two attached hydrogens (primary N) is 1. The first-order chi connectivity index (χ1) is 8.63. The van der Waals surface area contributed by atoms with Crippen LogP contribution < -0.4 is 5.73 Å². The fraction of sp³-hybridized carbons (Fsp3) is 0.933. The number of carbonyl (C=O) groups excluding carboxylic acids is 1. The van der Waals surface area contributed by atoms with E-state index in [1.54, 1.807) is 0 Å². The third kappa shape index (κ3) is 8.51. The molecule has 0 atom stereocenters. The van der Waals surface area contributed by atoms with Gasteiger partial charge in [0.2, 0.25) is 5.91 Å². The minimum atomic E-state index is 0.328. The number of nitrogens with zero attached hydrogens (tertiary/aromatic N) is 1. The molecule has 18 heavy (non-hydrogen) atoms. The Labute approximate surface area is 113 Å². The molecule has 0 aromatic heterocycles. The lowest BCUT2D eigenvalue weighted by Gasteiger charge is -2.27. The number of amides is 1. The second-order valence-electron chi connectivity index (χ2n) is 5.34. The summed E-state index contributed by atoms with van der Waals surface area (Å²) in [6.07, 6.45) is 8.63. The zero-order valence-electron chi connectivity index (χ0n) is 12.6. The van der Waals surface area contributed by atoms with Crippen LogP contribution in [0.1, 0.15) is 72.1 Å². The Balaban J connectivity index is 3.84. The van der Waals surface area contributed by atoms with E-state index in [9.17, 15) is 4.79 Å². The Kier molecular flexibility index (Phi) is 11.2. The highest BCUT2D eigenvalue weighted by atomic mass is 16.2. The molecule has 0 bridgehead atoms. The molecular weight excluding hydrogens is 224 g/mol. The number of carbonyl (C=O) groups is 1. The van der Waals surface area contributed by atoms with Crippen molar-refractivity contribution in [1.29, 1.82) is 0 Å². The van der Waals surface area contributed by atoms with Gasteiger partial charge in [-0.1, -0.05) is 32.6 Å². The lowest BCUT2D eigenvalue weighted by atomic mass is 10.1. The zero-order valence-corrected chi connectivity index (χ0v) is 12.6. The smallest absolute Gasteiger partial charge is 0.222 e. The number of rotatable bonds is 11. The molecule has 0 radical (unpaired) electrons. The van der Waals surface area contributed by atoms with Crippen molar-refractivity contribution in [3.05, 3.63) is 0 Å². The molecule has 108 valence electrons. The van der Waals surface area contributed by atoms with Crippen molar-refractivity contribution in [2.45, 2.75) is 78.2 Å². The third-order valence-electron chi connectivity index (χ3n) is 3.29. The van der Waals surface area contributed by atoms with Crippen LogP contribution in [0.25, 0.3) is 0 Å². The van der Waals surface area contributed by atoms with Crippen LogP contribution in [0.15, 0.2) is 0 Å². The summed E-state index contributed by atoms with van der Waals surface area (Å²) < 4.78 is 0. The molecule has 0 aliphatic carbocycles. The summed E-state index contributed by atoms with van der Waals surface area (Å²) in [5, 5.41) is 0. The van der Waals surface area contributed by atoms with E-state index in [2.05, 4.69) is 20.8 Å². The van der Waals surface area contributed by atoms with Gasteiger partial charge in [-0.2, -0.15) is 0 Å². The molecule has 0 heterocycles. The largest absolute Gasteiger partial charge is 0.340 e. The van der Waals surface area contributed by atoms with E-state index in [4.69, 9.17) is 5.73 Å². The van der Waals surface area contributed by atoms with Crippen LogP contribution >= 0.6 is 0 Å². The molecule has 3 nitrogen and oxygen atoms in total. The van der Waals surface area contributed by atoms with Gasteiger partial charge in [-0.15, -0.1) is 0 Å². The molecule has 0 saturated carbocycles. The van der Waals surface area contributed by atoms with Gasteiger partial charge in [0.1, 0.15) is 0 Å². The molecule has 1 amide bonds.